The van der Waals surface area contributed by atoms with Crippen molar-refractivity contribution >= 4 is 23.4 Å². The van der Waals surface area contributed by atoms with Gasteiger partial charge in [0, 0.05) is 35.6 Å². The maximum Gasteiger partial charge on any atom is 0.221 e. The summed E-state index contributed by atoms with van der Waals surface area (Å²) < 4.78 is 12.7. The van der Waals surface area contributed by atoms with E-state index in [0.29, 0.717) is 5.75 Å². The zero-order chi connectivity index (χ0) is 21.5. The molecule has 1 amide bonds. The van der Waals surface area contributed by atoms with Crippen LogP contribution in [0.15, 0.2) is 48.5 Å². The molecule has 3 rings (SSSR count). The van der Waals surface area contributed by atoms with Crippen LogP contribution in [-0.4, -0.2) is 40.3 Å². The minimum atomic E-state index is -0.533. The molecule has 0 aliphatic carbocycles. The highest BCUT2D eigenvalue weighted by molar-refractivity contribution is 7.99. The fourth-order valence-electron chi connectivity index (χ4n) is 3.50. The smallest absolute Gasteiger partial charge is 0.221 e. The summed E-state index contributed by atoms with van der Waals surface area (Å²) in [5.41, 5.74) is 3.51. The third kappa shape index (κ3) is 5.83. The lowest BCUT2D eigenvalue weighted by atomic mass is 9.91. The highest BCUT2D eigenvalue weighted by Crippen LogP contribution is 2.42. The molecule has 1 fully saturated rings. The van der Waals surface area contributed by atoms with E-state index in [4.69, 9.17) is 14.6 Å². The van der Waals surface area contributed by atoms with Crippen molar-refractivity contribution in [2.75, 3.05) is 23.4 Å². The minimum absolute atomic E-state index is 0.00810. The van der Waals surface area contributed by atoms with Crippen LogP contribution in [0.2, 0.25) is 0 Å². The van der Waals surface area contributed by atoms with Gasteiger partial charge in [-0.3, -0.25) is 4.79 Å². The van der Waals surface area contributed by atoms with Crippen molar-refractivity contribution in [1.82, 2.24) is 0 Å². The second kappa shape index (κ2) is 10.9. The van der Waals surface area contributed by atoms with Crippen molar-refractivity contribution in [3.63, 3.8) is 0 Å². The molecule has 7 heteroatoms. The molecular formula is C23H29NO5S. The van der Waals surface area contributed by atoms with Crippen molar-refractivity contribution in [2.24, 2.45) is 5.92 Å². The molecule has 2 aromatic rings. The number of anilines is 1. The third-order valence-electron chi connectivity index (χ3n) is 5.14. The summed E-state index contributed by atoms with van der Waals surface area (Å²) in [7, 11) is 0. The Hall–Kier alpha value is -1.90. The first-order valence-electron chi connectivity index (χ1n) is 10.1. The van der Waals surface area contributed by atoms with Crippen molar-refractivity contribution in [2.45, 2.75) is 39.0 Å². The molecule has 0 radical (unpaired) electrons. The SMILES string of the molecule is CC(=O)Nc1ccc([C@H]2O[C@@H](CSCCO)[C@@H](C)[C@@H](c3ccc(CO)cc3)O2)cc1. The second-order valence-corrected chi connectivity index (χ2v) is 8.57. The van der Waals surface area contributed by atoms with Gasteiger partial charge in [-0.05, 0) is 23.3 Å². The molecule has 4 atom stereocenters. The number of hydrogen-bond acceptors (Lipinski definition) is 6. The maximum absolute atomic E-state index is 11.3. The molecule has 2 aromatic carbocycles. The predicted octanol–water partition coefficient (Wildman–Crippen LogP) is 3.65. The molecule has 0 unspecified atom stereocenters. The quantitative estimate of drug-likeness (QED) is 0.553. The first-order valence-corrected chi connectivity index (χ1v) is 11.2. The molecule has 0 saturated carbocycles. The van der Waals surface area contributed by atoms with E-state index in [1.807, 2.05) is 48.5 Å². The van der Waals surface area contributed by atoms with Crippen LogP contribution >= 0.6 is 11.8 Å². The number of carbonyl (C=O) groups excluding carboxylic acids is 1. The Labute approximate surface area is 181 Å². The third-order valence-corrected chi connectivity index (χ3v) is 6.18. The Morgan fingerprint density at radius 2 is 1.70 bits per heavy atom. The molecule has 1 saturated heterocycles. The van der Waals surface area contributed by atoms with Crippen LogP contribution < -0.4 is 5.32 Å². The average Bonchev–Trinajstić information content (AvgIpc) is 2.75. The Kier molecular flexibility index (Phi) is 8.30. The number of amides is 1. The maximum atomic E-state index is 11.3. The highest BCUT2D eigenvalue weighted by Gasteiger charge is 2.38. The molecule has 30 heavy (non-hydrogen) atoms. The number of thioether (sulfide) groups is 1. The summed E-state index contributed by atoms with van der Waals surface area (Å²) in [5.74, 6) is 1.43. The van der Waals surface area contributed by atoms with E-state index in [0.717, 1.165) is 28.1 Å². The van der Waals surface area contributed by atoms with Crippen LogP contribution in [0.5, 0.6) is 0 Å². The van der Waals surface area contributed by atoms with Crippen molar-refractivity contribution in [3.8, 4) is 0 Å². The van der Waals surface area contributed by atoms with Gasteiger partial charge in [0.25, 0.3) is 0 Å². The summed E-state index contributed by atoms with van der Waals surface area (Å²) in [6.45, 7) is 3.74. The topological polar surface area (TPSA) is 88.0 Å². The van der Waals surface area contributed by atoms with E-state index in [-0.39, 0.29) is 37.2 Å². The normalized spacial score (nSPS) is 23.9. The second-order valence-electron chi connectivity index (χ2n) is 7.42. The largest absolute Gasteiger partial charge is 0.396 e. The van der Waals surface area contributed by atoms with Crippen LogP contribution in [0.25, 0.3) is 0 Å². The van der Waals surface area contributed by atoms with Gasteiger partial charge in [-0.25, -0.2) is 0 Å². The van der Waals surface area contributed by atoms with E-state index in [1.165, 1.54) is 6.92 Å². The van der Waals surface area contributed by atoms with Gasteiger partial charge in [0.1, 0.15) is 0 Å². The van der Waals surface area contributed by atoms with Gasteiger partial charge in [-0.1, -0.05) is 43.3 Å². The van der Waals surface area contributed by atoms with Gasteiger partial charge in [0.2, 0.25) is 5.91 Å². The Morgan fingerprint density at radius 1 is 1.03 bits per heavy atom. The lowest BCUT2D eigenvalue weighted by Crippen LogP contribution is -2.38. The van der Waals surface area contributed by atoms with Gasteiger partial charge in [0.05, 0.1) is 25.4 Å². The predicted molar refractivity (Wildman–Crippen MR) is 118 cm³/mol. The highest BCUT2D eigenvalue weighted by atomic mass is 32.2. The summed E-state index contributed by atoms with van der Waals surface area (Å²) in [5, 5.41) is 21.2. The minimum Gasteiger partial charge on any atom is -0.396 e. The number of benzene rings is 2. The van der Waals surface area contributed by atoms with Crippen molar-refractivity contribution in [1.29, 1.82) is 0 Å². The molecule has 1 heterocycles. The van der Waals surface area contributed by atoms with Gasteiger partial charge in [-0.2, -0.15) is 11.8 Å². The molecule has 6 nitrogen and oxygen atoms in total. The summed E-state index contributed by atoms with van der Waals surface area (Å²) >= 11 is 1.66. The molecular weight excluding hydrogens is 402 g/mol. The standard InChI is InChI=1S/C23H29NO5S/c1-15-21(14-30-12-11-25)28-23(19-7-9-20(10-8-19)24-16(2)27)29-22(15)18-5-3-17(13-26)4-6-18/h3-10,15,21-23,25-26H,11-14H2,1-2H3,(H,24,27)/t15-,21+,22+,23+/m1/s1. The number of ether oxygens (including phenoxy) is 2. The summed E-state index contributed by atoms with van der Waals surface area (Å²) in [6, 6.07) is 15.3. The number of aliphatic hydroxyl groups is 2. The first kappa shape index (κ1) is 22.8. The Bertz CT molecular complexity index is 811. The number of nitrogens with one attached hydrogen (secondary N) is 1. The van der Waals surface area contributed by atoms with Crippen LogP contribution in [0, 0.1) is 5.92 Å². The Balaban J connectivity index is 1.82. The van der Waals surface area contributed by atoms with E-state index in [2.05, 4.69) is 12.2 Å². The number of carbonyl (C=O) groups is 1. The molecule has 1 aliphatic rings. The molecule has 0 aromatic heterocycles. The first-order chi connectivity index (χ1) is 14.5. The molecule has 3 N–H and O–H groups in total. The molecule has 1 aliphatic heterocycles. The Morgan fingerprint density at radius 3 is 2.30 bits per heavy atom. The van der Waals surface area contributed by atoms with E-state index in [1.54, 1.807) is 11.8 Å². The van der Waals surface area contributed by atoms with E-state index in [9.17, 15) is 9.90 Å². The summed E-state index contributed by atoms with van der Waals surface area (Å²) in [6.07, 6.45) is -0.737. The zero-order valence-electron chi connectivity index (χ0n) is 17.3. The number of rotatable bonds is 8. The lowest BCUT2D eigenvalue weighted by Gasteiger charge is -2.41. The van der Waals surface area contributed by atoms with Crippen LogP contribution in [-0.2, 0) is 20.9 Å². The zero-order valence-corrected chi connectivity index (χ0v) is 18.1. The fourth-order valence-corrected chi connectivity index (χ4v) is 4.41. The monoisotopic (exact) mass is 431 g/mol. The van der Waals surface area contributed by atoms with Crippen LogP contribution in [0.1, 0.15) is 42.9 Å². The van der Waals surface area contributed by atoms with Gasteiger partial charge >= 0.3 is 0 Å². The van der Waals surface area contributed by atoms with Gasteiger partial charge in [0.15, 0.2) is 6.29 Å². The van der Waals surface area contributed by atoms with Crippen LogP contribution in [0.4, 0.5) is 5.69 Å². The molecule has 0 spiro atoms. The van der Waals surface area contributed by atoms with Crippen LogP contribution in [0.3, 0.4) is 0 Å². The van der Waals surface area contributed by atoms with Crippen molar-refractivity contribution < 1.29 is 24.5 Å². The number of hydrogen-bond donors (Lipinski definition) is 3. The lowest BCUT2D eigenvalue weighted by molar-refractivity contribution is -0.268. The van der Waals surface area contributed by atoms with Crippen molar-refractivity contribution in [3.05, 3.63) is 65.2 Å². The molecule has 162 valence electrons. The fraction of sp³-hybridized carbons (Fsp3) is 0.435. The average molecular weight is 432 g/mol. The summed E-state index contributed by atoms with van der Waals surface area (Å²) in [4.78, 5) is 11.3. The van der Waals surface area contributed by atoms with Gasteiger partial charge in [-0.15, -0.1) is 0 Å². The van der Waals surface area contributed by atoms with Gasteiger partial charge < -0.3 is 25.0 Å². The van der Waals surface area contributed by atoms with E-state index < -0.39 is 6.29 Å². The number of aliphatic hydroxyl groups excluding tert-OH is 2. The van der Waals surface area contributed by atoms with E-state index >= 15 is 0 Å². The molecule has 0 bridgehead atoms.